The van der Waals surface area contributed by atoms with E-state index in [1.807, 2.05) is 6.07 Å². The summed E-state index contributed by atoms with van der Waals surface area (Å²) >= 11 is 0. The van der Waals surface area contributed by atoms with Crippen molar-refractivity contribution in [2.75, 3.05) is 10.6 Å². The van der Waals surface area contributed by atoms with Gasteiger partial charge in [-0.1, -0.05) is 11.7 Å². The number of carbonyl (C=O) groups is 1. The second-order valence-electron chi connectivity index (χ2n) is 7.90. The van der Waals surface area contributed by atoms with Crippen molar-refractivity contribution in [1.29, 1.82) is 5.26 Å². The Hall–Kier alpha value is -4.31. The topological polar surface area (TPSA) is 111 Å². The minimum absolute atomic E-state index is 0.234. The third-order valence-corrected chi connectivity index (χ3v) is 4.98. The molecule has 0 aliphatic heterocycles. The van der Waals surface area contributed by atoms with Gasteiger partial charge in [-0.15, -0.1) is 0 Å². The Morgan fingerprint density at radius 2 is 1.42 bits per heavy atom. The lowest BCUT2D eigenvalue weighted by atomic mass is 10.0. The SMILES string of the molecule is C=C(Nc1ccc(C(F)(F)F)cc1)C(C#N)C(C)O.Cc1oncc1C(=O)Nc1ccc(C(F)(F)F)cc1. The van der Waals surface area contributed by atoms with Crippen molar-refractivity contribution in [3.63, 3.8) is 0 Å². The van der Waals surface area contributed by atoms with Gasteiger partial charge in [0.15, 0.2) is 0 Å². The molecule has 0 bridgehead atoms. The standard InChI is InChI=1S/C13H13F3N2O.C12H9F3N2O2/c1-8(12(7-17)9(2)19)18-11-5-3-10(4-6-11)13(14,15)16;1-7-10(6-16-19-7)11(18)17-9-4-2-8(3-5-9)12(13,14)15/h3-6,9,12,18-19H,1H2,2H3;2-6H,1H3,(H,17,18). The van der Waals surface area contributed by atoms with Crippen molar-refractivity contribution in [1.82, 2.24) is 5.16 Å². The van der Waals surface area contributed by atoms with Crippen LogP contribution in [0.1, 0.15) is 34.2 Å². The highest BCUT2D eigenvalue weighted by atomic mass is 19.4. The molecule has 1 amide bonds. The highest BCUT2D eigenvalue weighted by Crippen LogP contribution is 2.31. The molecule has 3 aromatic rings. The maximum atomic E-state index is 12.4. The number of benzene rings is 2. The lowest BCUT2D eigenvalue weighted by molar-refractivity contribution is -0.138. The van der Waals surface area contributed by atoms with Gasteiger partial charge < -0.3 is 20.3 Å². The Morgan fingerprint density at radius 3 is 1.76 bits per heavy atom. The van der Waals surface area contributed by atoms with E-state index in [1.54, 1.807) is 6.92 Å². The predicted molar refractivity (Wildman–Crippen MR) is 126 cm³/mol. The molecule has 3 rings (SSSR count). The van der Waals surface area contributed by atoms with Gasteiger partial charge in [-0.05, 0) is 62.4 Å². The molecule has 1 aromatic heterocycles. The summed E-state index contributed by atoms with van der Waals surface area (Å²) in [5.41, 5.74) is -0.419. The maximum Gasteiger partial charge on any atom is 0.416 e. The zero-order valence-electron chi connectivity index (χ0n) is 20.0. The van der Waals surface area contributed by atoms with Gasteiger partial charge in [-0.25, -0.2) is 0 Å². The Bertz CT molecular complexity index is 1270. The van der Waals surface area contributed by atoms with Crippen LogP contribution in [0.5, 0.6) is 0 Å². The summed E-state index contributed by atoms with van der Waals surface area (Å²) in [6, 6.07) is 10.4. The van der Waals surface area contributed by atoms with Crippen molar-refractivity contribution >= 4 is 17.3 Å². The number of anilines is 2. The molecule has 0 radical (unpaired) electrons. The van der Waals surface area contributed by atoms with Crippen LogP contribution in [0.25, 0.3) is 0 Å². The average Bonchev–Trinajstić information content (AvgIpc) is 3.25. The summed E-state index contributed by atoms with van der Waals surface area (Å²) in [7, 11) is 0. The molecule has 13 heteroatoms. The van der Waals surface area contributed by atoms with Gasteiger partial charge in [0.05, 0.1) is 29.5 Å². The molecule has 202 valence electrons. The Kier molecular flexibility index (Phi) is 9.67. The van der Waals surface area contributed by atoms with E-state index in [-0.39, 0.29) is 16.9 Å². The third-order valence-electron chi connectivity index (χ3n) is 4.98. The fourth-order valence-corrected chi connectivity index (χ4v) is 2.94. The summed E-state index contributed by atoms with van der Waals surface area (Å²) < 4.78 is 78.8. The Labute approximate surface area is 213 Å². The van der Waals surface area contributed by atoms with Gasteiger partial charge >= 0.3 is 12.4 Å². The number of halogens is 6. The smallest absolute Gasteiger partial charge is 0.392 e. The van der Waals surface area contributed by atoms with Crippen LogP contribution >= 0.6 is 0 Å². The van der Waals surface area contributed by atoms with E-state index in [1.165, 1.54) is 37.4 Å². The van der Waals surface area contributed by atoms with Crippen LogP contribution < -0.4 is 10.6 Å². The molecule has 3 N–H and O–H groups in total. The van der Waals surface area contributed by atoms with Crippen LogP contribution in [0.15, 0.2) is 71.5 Å². The molecule has 38 heavy (non-hydrogen) atoms. The number of amides is 1. The highest BCUT2D eigenvalue weighted by Gasteiger charge is 2.31. The number of aryl methyl sites for hydroxylation is 1. The second-order valence-corrected chi connectivity index (χ2v) is 7.90. The second kappa shape index (κ2) is 12.3. The van der Waals surface area contributed by atoms with Crippen LogP contribution in [0.2, 0.25) is 0 Å². The summed E-state index contributed by atoms with van der Waals surface area (Å²) in [5.74, 6) is -0.981. The number of nitrogens with zero attached hydrogens (tertiary/aromatic N) is 2. The first-order chi connectivity index (χ1) is 17.6. The number of aromatic nitrogens is 1. The Morgan fingerprint density at radius 1 is 0.974 bits per heavy atom. The zero-order chi connectivity index (χ0) is 28.7. The van der Waals surface area contributed by atoms with Gasteiger partial charge in [-0.3, -0.25) is 4.79 Å². The van der Waals surface area contributed by atoms with Crippen molar-refractivity contribution in [2.24, 2.45) is 5.92 Å². The number of alkyl halides is 6. The first kappa shape index (κ1) is 29.9. The monoisotopic (exact) mass is 540 g/mol. The number of carbonyl (C=O) groups excluding carboxylic acids is 1. The number of nitriles is 1. The fraction of sp³-hybridized carbons (Fsp3) is 0.240. The minimum atomic E-state index is -4.40. The van der Waals surface area contributed by atoms with Gasteiger partial charge in [0.25, 0.3) is 5.91 Å². The molecular weight excluding hydrogens is 518 g/mol. The number of nitrogens with one attached hydrogen (secondary N) is 2. The molecule has 0 fully saturated rings. The lowest BCUT2D eigenvalue weighted by Gasteiger charge is -2.17. The number of aliphatic hydroxyl groups excluding tert-OH is 1. The molecule has 2 unspecified atom stereocenters. The molecule has 2 aromatic carbocycles. The molecule has 0 spiro atoms. The fourth-order valence-electron chi connectivity index (χ4n) is 2.94. The molecular formula is C25H22F6N4O3. The first-order valence-corrected chi connectivity index (χ1v) is 10.7. The first-order valence-electron chi connectivity index (χ1n) is 10.7. The van der Waals surface area contributed by atoms with Crippen LogP contribution in [-0.2, 0) is 12.4 Å². The van der Waals surface area contributed by atoms with E-state index in [0.29, 0.717) is 11.4 Å². The van der Waals surface area contributed by atoms with E-state index < -0.39 is 41.4 Å². The minimum Gasteiger partial charge on any atom is -0.392 e. The number of hydrogen-bond donors (Lipinski definition) is 3. The average molecular weight is 540 g/mol. The van der Waals surface area contributed by atoms with Gasteiger partial charge in [0.1, 0.15) is 17.2 Å². The predicted octanol–water partition coefficient (Wildman–Crippen LogP) is 6.41. The van der Waals surface area contributed by atoms with Crippen molar-refractivity contribution < 1.29 is 40.8 Å². The third kappa shape index (κ3) is 8.38. The van der Waals surface area contributed by atoms with Crippen LogP contribution in [0.4, 0.5) is 37.7 Å². The van der Waals surface area contributed by atoms with Crippen LogP contribution in [0, 0.1) is 24.2 Å². The van der Waals surface area contributed by atoms with Gasteiger partial charge in [-0.2, -0.15) is 31.6 Å². The van der Waals surface area contributed by atoms with Crippen LogP contribution in [-0.4, -0.2) is 22.3 Å². The molecule has 0 saturated heterocycles. The Balaban J connectivity index is 0.000000267. The number of rotatable bonds is 6. The van der Waals surface area contributed by atoms with E-state index in [2.05, 4.69) is 22.4 Å². The number of hydrogen-bond acceptors (Lipinski definition) is 6. The summed E-state index contributed by atoms with van der Waals surface area (Å²) in [4.78, 5) is 11.7. The summed E-state index contributed by atoms with van der Waals surface area (Å²) in [6.07, 6.45) is -8.45. The van der Waals surface area contributed by atoms with E-state index >= 15 is 0 Å². The molecule has 0 aliphatic carbocycles. The lowest BCUT2D eigenvalue weighted by Crippen LogP contribution is -2.20. The van der Waals surface area contributed by atoms with Crippen molar-refractivity contribution in [3.05, 3.63) is 89.5 Å². The number of aliphatic hydroxyl groups is 1. The van der Waals surface area contributed by atoms with Crippen molar-refractivity contribution in [3.8, 4) is 6.07 Å². The quantitative estimate of drug-likeness (QED) is 0.312. The summed E-state index contributed by atoms with van der Waals surface area (Å²) in [6.45, 7) is 6.60. The molecule has 2 atom stereocenters. The molecule has 0 saturated carbocycles. The van der Waals surface area contributed by atoms with Crippen LogP contribution in [0.3, 0.4) is 0 Å². The van der Waals surface area contributed by atoms with E-state index in [0.717, 1.165) is 24.3 Å². The molecule has 7 nitrogen and oxygen atoms in total. The molecule has 1 heterocycles. The zero-order valence-corrected chi connectivity index (χ0v) is 20.0. The van der Waals surface area contributed by atoms with E-state index in [9.17, 15) is 36.2 Å². The van der Waals surface area contributed by atoms with Gasteiger partial charge in [0, 0.05) is 17.1 Å². The normalized spacial score (nSPS) is 12.8. The summed E-state index contributed by atoms with van der Waals surface area (Å²) in [5, 5.41) is 26.8. The highest BCUT2D eigenvalue weighted by molar-refractivity contribution is 6.04. The molecule has 0 aliphatic rings. The van der Waals surface area contributed by atoms with Crippen molar-refractivity contribution in [2.45, 2.75) is 32.3 Å². The van der Waals surface area contributed by atoms with E-state index in [4.69, 9.17) is 9.78 Å². The largest absolute Gasteiger partial charge is 0.416 e. The van der Waals surface area contributed by atoms with Gasteiger partial charge in [0.2, 0.25) is 0 Å². The maximum absolute atomic E-state index is 12.4.